The van der Waals surface area contributed by atoms with E-state index in [9.17, 15) is 0 Å². The summed E-state index contributed by atoms with van der Waals surface area (Å²) in [4.78, 5) is 2.47. The Hall–Kier alpha value is -0.120. The molecule has 2 bridgehead atoms. The van der Waals surface area contributed by atoms with Crippen LogP contribution in [-0.4, -0.2) is 49.5 Å². The number of hydrogen-bond donors (Lipinski definition) is 0. The van der Waals surface area contributed by atoms with Crippen LogP contribution >= 0.6 is 0 Å². The van der Waals surface area contributed by atoms with Gasteiger partial charge in [0.25, 0.3) is 0 Å². The van der Waals surface area contributed by atoms with Crippen LogP contribution < -0.4 is 0 Å². The largest absolute Gasteiger partial charge is 0.376 e. The van der Waals surface area contributed by atoms with E-state index in [0.29, 0.717) is 18.2 Å². The standard InChI is InChI=1S/C9H17NO2/c1-7(2)10-3-8-5-11-6-9(4-10)12-8/h7-9H,3-6H2,1-2H3. The number of ether oxygens (including phenoxy) is 2. The van der Waals surface area contributed by atoms with Crippen LogP contribution in [0.4, 0.5) is 0 Å². The number of morpholine rings is 1. The summed E-state index contributed by atoms with van der Waals surface area (Å²) in [5, 5.41) is 0. The number of rotatable bonds is 1. The van der Waals surface area contributed by atoms with Gasteiger partial charge >= 0.3 is 0 Å². The van der Waals surface area contributed by atoms with Crippen LogP contribution in [0, 0.1) is 0 Å². The molecule has 0 aliphatic carbocycles. The fourth-order valence-electron chi connectivity index (χ4n) is 1.89. The molecule has 0 radical (unpaired) electrons. The first-order valence-corrected chi connectivity index (χ1v) is 4.73. The molecule has 0 aromatic rings. The second-order valence-corrected chi connectivity index (χ2v) is 3.97. The van der Waals surface area contributed by atoms with E-state index in [0.717, 1.165) is 26.3 Å². The molecule has 0 N–H and O–H groups in total. The number of nitrogens with zero attached hydrogens (tertiary/aromatic N) is 1. The van der Waals surface area contributed by atoms with E-state index in [-0.39, 0.29) is 0 Å². The van der Waals surface area contributed by atoms with Gasteiger partial charge in [-0.2, -0.15) is 0 Å². The zero-order valence-electron chi connectivity index (χ0n) is 7.82. The molecule has 2 rings (SSSR count). The van der Waals surface area contributed by atoms with Crippen molar-refractivity contribution in [3.8, 4) is 0 Å². The molecule has 2 aliphatic heterocycles. The molecule has 0 aromatic heterocycles. The van der Waals surface area contributed by atoms with E-state index in [1.807, 2.05) is 0 Å². The highest BCUT2D eigenvalue weighted by Gasteiger charge is 2.32. The highest BCUT2D eigenvalue weighted by Crippen LogP contribution is 2.18. The molecule has 2 heterocycles. The first-order chi connectivity index (χ1) is 5.75. The summed E-state index contributed by atoms with van der Waals surface area (Å²) in [6.07, 6.45) is 0.639. The highest BCUT2D eigenvalue weighted by molar-refractivity contribution is 4.82. The molecule has 12 heavy (non-hydrogen) atoms. The predicted molar refractivity (Wildman–Crippen MR) is 46.2 cm³/mol. The van der Waals surface area contributed by atoms with E-state index >= 15 is 0 Å². The van der Waals surface area contributed by atoms with Gasteiger partial charge in [-0.15, -0.1) is 0 Å². The fraction of sp³-hybridized carbons (Fsp3) is 1.00. The molecule has 2 aliphatic rings. The summed E-state index contributed by atoms with van der Waals surface area (Å²) in [6.45, 7) is 8.10. The van der Waals surface area contributed by atoms with Gasteiger partial charge in [-0.05, 0) is 13.8 Å². The van der Waals surface area contributed by atoms with Crippen molar-refractivity contribution in [2.24, 2.45) is 0 Å². The molecule has 3 heteroatoms. The Bertz CT molecular complexity index is 149. The van der Waals surface area contributed by atoms with Crippen molar-refractivity contribution in [2.75, 3.05) is 26.3 Å². The van der Waals surface area contributed by atoms with Crippen LogP contribution in [0.25, 0.3) is 0 Å². The lowest BCUT2D eigenvalue weighted by molar-refractivity contribution is -0.183. The first-order valence-electron chi connectivity index (χ1n) is 4.73. The lowest BCUT2D eigenvalue weighted by Gasteiger charge is -2.42. The van der Waals surface area contributed by atoms with Crippen molar-refractivity contribution in [1.82, 2.24) is 4.90 Å². The Morgan fingerprint density at radius 2 is 1.75 bits per heavy atom. The van der Waals surface area contributed by atoms with Crippen LogP contribution in [0.3, 0.4) is 0 Å². The normalized spacial score (nSPS) is 37.2. The van der Waals surface area contributed by atoms with Gasteiger partial charge in [-0.1, -0.05) is 0 Å². The fourth-order valence-corrected chi connectivity index (χ4v) is 1.89. The van der Waals surface area contributed by atoms with E-state index in [4.69, 9.17) is 9.47 Å². The molecule has 0 aromatic carbocycles. The number of hydrogen-bond acceptors (Lipinski definition) is 3. The van der Waals surface area contributed by atoms with Gasteiger partial charge < -0.3 is 9.47 Å². The molecule has 2 unspecified atom stereocenters. The van der Waals surface area contributed by atoms with Crippen molar-refractivity contribution in [2.45, 2.75) is 32.1 Å². The van der Waals surface area contributed by atoms with Crippen LogP contribution in [-0.2, 0) is 9.47 Å². The van der Waals surface area contributed by atoms with Gasteiger partial charge in [-0.3, -0.25) is 4.90 Å². The van der Waals surface area contributed by atoms with E-state index < -0.39 is 0 Å². The second kappa shape index (κ2) is 3.32. The van der Waals surface area contributed by atoms with Crippen molar-refractivity contribution < 1.29 is 9.47 Å². The average Bonchev–Trinajstić information content (AvgIpc) is 2.03. The first kappa shape index (κ1) is 8.48. The van der Waals surface area contributed by atoms with Crippen LogP contribution in [0.5, 0.6) is 0 Å². The quantitative estimate of drug-likeness (QED) is 0.573. The molecule has 0 amide bonds. The van der Waals surface area contributed by atoms with Gasteiger partial charge in [0.1, 0.15) is 0 Å². The Morgan fingerprint density at radius 1 is 1.17 bits per heavy atom. The monoisotopic (exact) mass is 171 g/mol. The zero-order valence-corrected chi connectivity index (χ0v) is 7.82. The van der Waals surface area contributed by atoms with Crippen molar-refractivity contribution in [3.05, 3.63) is 0 Å². The summed E-state index contributed by atoms with van der Waals surface area (Å²) >= 11 is 0. The van der Waals surface area contributed by atoms with E-state index in [1.165, 1.54) is 0 Å². The highest BCUT2D eigenvalue weighted by atomic mass is 16.6. The van der Waals surface area contributed by atoms with Gasteiger partial charge in [0.15, 0.2) is 0 Å². The lowest BCUT2D eigenvalue weighted by atomic mass is 10.1. The average molecular weight is 171 g/mol. The predicted octanol–water partition coefficient (Wildman–Crippen LogP) is 0.494. The molecule has 3 nitrogen and oxygen atoms in total. The topological polar surface area (TPSA) is 21.7 Å². The molecule has 70 valence electrons. The van der Waals surface area contributed by atoms with Crippen molar-refractivity contribution >= 4 is 0 Å². The molecule has 2 fully saturated rings. The third-order valence-corrected chi connectivity index (χ3v) is 2.60. The summed E-state index contributed by atoms with van der Waals surface area (Å²) in [6, 6.07) is 0.636. The minimum absolute atomic E-state index is 0.319. The van der Waals surface area contributed by atoms with Crippen LogP contribution in [0.15, 0.2) is 0 Å². The van der Waals surface area contributed by atoms with E-state index in [1.54, 1.807) is 0 Å². The zero-order chi connectivity index (χ0) is 8.55. The van der Waals surface area contributed by atoms with E-state index in [2.05, 4.69) is 18.7 Å². The summed E-state index contributed by atoms with van der Waals surface area (Å²) < 4.78 is 11.1. The Balaban J connectivity index is 1.96. The van der Waals surface area contributed by atoms with Gasteiger partial charge in [0.05, 0.1) is 25.4 Å². The van der Waals surface area contributed by atoms with Crippen LogP contribution in [0.1, 0.15) is 13.8 Å². The maximum Gasteiger partial charge on any atom is 0.0940 e. The van der Waals surface area contributed by atoms with Gasteiger partial charge in [-0.25, -0.2) is 0 Å². The third-order valence-electron chi connectivity index (χ3n) is 2.60. The van der Waals surface area contributed by atoms with Gasteiger partial charge in [0, 0.05) is 19.1 Å². The molecule has 2 saturated heterocycles. The SMILES string of the molecule is CC(C)N1CC2COCC(C1)O2. The maximum absolute atomic E-state index is 5.74. The summed E-state index contributed by atoms with van der Waals surface area (Å²) in [7, 11) is 0. The maximum atomic E-state index is 5.74. The molecular formula is C9H17NO2. The smallest absolute Gasteiger partial charge is 0.0940 e. The minimum Gasteiger partial charge on any atom is -0.376 e. The Morgan fingerprint density at radius 3 is 2.25 bits per heavy atom. The van der Waals surface area contributed by atoms with Crippen LogP contribution in [0.2, 0.25) is 0 Å². The van der Waals surface area contributed by atoms with Crippen molar-refractivity contribution in [1.29, 1.82) is 0 Å². The third kappa shape index (κ3) is 1.63. The molecular weight excluding hydrogens is 154 g/mol. The summed E-state index contributed by atoms with van der Waals surface area (Å²) in [5.41, 5.74) is 0. The number of fused-ring (bicyclic) bond motifs is 2. The summed E-state index contributed by atoms with van der Waals surface area (Å²) in [5.74, 6) is 0. The lowest BCUT2D eigenvalue weighted by Crippen LogP contribution is -2.55. The van der Waals surface area contributed by atoms with Crippen molar-refractivity contribution in [3.63, 3.8) is 0 Å². The Labute approximate surface area is 73.6 Å². The van der Waals surface area contributed by atoms with Gasteiger partial charge in [0.2, 0.25) is 0 Å². The second-order valence-electron chi connectivity index (χ2n) is 3.97. The molecule has 0 spiro atoms. The molecule has 0 saturated carbocycles. The molecule has 2 atom stereocenters. The Kier molecular flexibility index (Phi) is 2.35. The minimum atomic E-state index is 0.319.